The molecule has 2 aromatic rings. The molecule has 0 aromatic heterocycles. The van der Waals surface area contributed by atoms with Gasteiger partial charge in [-0.2, -0.15) is 0 Å². The summed E-state index contributed by atoms with van der Waals surface area (Å²) in [6.07, 6.45) is 0.112. The molecule has 0 unspecified atom stereocenters. The van der Waals surface area contributed by atoms with Crippen molar-refractivity contribution in [3.8, 4) is 5.75 Å². The molecule has 7 N–H and O–H groups in total. The minimum absolute atomic E-state index is 0.0169. The van der Waals surface area contributed by atoms with Crippen LogP contribution in [0.25, 0.3) is 5.76 Å². The highest BCUT2D eigenvalue weighted by Crippen LogP contribution is 2.54. The molecule has 6 rings (SSSR count). The number of nitrogens with two attached hydrogens (primary N) is 1. The number of likely N-dealkylation sites (N-methyl/N-ethyl adjacent to an activating group) is 1. The number of aliphatic hydroxyl groups is 3. The average Bonchev–Trinajstić information content (AvgIpc) is 3.26. The van der Waals surface area contributed by atoms with E-state index in [1.54, 1.807) is 37.2 Å². The van der Waals surface area contributed by atoms with E-state index >= 15 is 0 Å². The number of rotatable bonds is 6. The lowest BCUT2D eigenvalue weighted by molar-refractivity contribution is -0.153. The van der Waals surface area contributed by atoms with Crippen molar-refractivity contribution in [1.82, 2.24) is 15.1 Å². The van der Waals surface area contributed by atoms with Crippen LogP contribution in [0.15, 0.2) is 47.2 Å². The summed E-state index contributed by atoms with van der Waals surface area (Å²) >= 11 is 0. The first-order valence-corrected chi connectivity index (χ1v) is 15.0. The van der Waals surface area contributed by atoms with Crippen LogP contribution in [0.4, 0.5) is 5.69 Å². The molecule has 1 saturated carbocycles. The highest BCUT2D eigenvalue weighted by Gasteiger charge is 2.64. The number of ketones is 2. The first-order valence-electron chi connectivity index (χ1n) is 15.0. The average molecular weight is 646 g/mol. The second kappa shape index (κ2) is 11.0. The number of carbonyl (C=O) groups is 5. The predicted molar refractivity (Wildman–Crippen MR) is 167 cm³/mol. The van der Waals surface area contributed by atoms with Gasteiger partial charge in [-0.15, -0.1) is 0 Å². The number of anilines is 1. The quantitative estimate of drug-likeness (QED) is 0.186. The van der Waals surface area contributed by atoms with Crippen LogP contribution < -0.4 is 16.0 Å². The molecular formula is C33H35N5O9. The number of nitrogens with zero attached hydrogens (tertiary/aromatic N) is 3. The van der Waals surface area contributed by atoms with Gasteiger partial charge in [-0.25, -0.2) is 0 Å². The highest BCUT2D eigenvalue weighted by molar-refractivity contribution is 6.25. The molecule has 3 amide bonds. The van der Waals surface area contributed by atoms with E-state index in [-0.39, 0.29) is 47.4 Å². The van der Waals surface area contributed by atoms with Crippen molar-refractivity contribution in [2.24, 2.45) is 17.6 Å². The van der Waals surface area contributed by atoms with Crippen molar-refractivity contribution < 1.29 is 44.4 Å². The number of phenols is 1. The zero-order valence-electron chi connectivity index (χ0n) is 26.2. The Hall–Kier alpha value is -5.05. The van der Waals surface area contributed by atoms with Gasteiger partial charge in [0.15, 0.2) is 11.4 Å². The Morgan fingerprint density at radius 3 is 2.21 bits per heavy atom. The van der Waals surface area contributed by atoms with Gasteiger partial charge < -0.3 is 36.4 Å². The first-order chi connectivity index (χ1) is 22.2. The Morgan fingerprint density at radius 2 is 1.66 bits per heavy atom. The molecule has 1 fully saturated rings. The van der Waals surface area contributed by atoms with Crippen molar-refractivity contribution in [2.45, 2.75) is 31.0 Å². The molecule has 4 aliphatic rings. The third-order valence-corrected chi connectivity index (χ3v) is 9.73. The molecule has 0 bridgehead atoms. The van der Waals surface area contributed by atoms with Gasteiger partial charge in [-0.1, -0.05) is 12.1 Å². The normalized spacial score (nSPS) is 25.2. The third kappa shape index (κ3) is 4.39. The van der Waals surface area contributed by atoms with Gasteiger partial charge in [0.25, 0.3) is 17.7 Å². The molecule has 3 aliphatic carbocycles. The SMILES string of the molecule is CN(C)c1cc(CN)c(O)c2c1C[C@H]1C[C@H]3[C@H](N(C)C)C(=O)C(C(=O)NCN4C(=O)c5ccccc5C4=O)=C(O)[C@@]3(O)C(=O)C1=C2O. The van der Waals surface area contributed by atoms with Gasteiger partial charge in [0.2, 0.25) is 5.78 Å². The van der Waals surface area contributed by atoms with E-state index in [0.717, 1.165) is 4.90 Å². The van der Waals surface area contributed by atoms with Gasteiger partial charge >= 0.3 is 0 Å². The monoisotopic (exact) mass is 645 g/mol. The number of aliphatic hydroxyl groups excluding tert-OH is 2. The molecule has 1 heterocycles. The molecule has 0 saturated heterocycles. The summed E-state index contributed by atoms with van der Waals surface area (Å²) < 4.78 is 0. The smallest absolute Gasteiger partial charge is 0.263 e. The summed E-state index contributed by atoms with van der Waals surface area (Å²) in [5.41, 5.74) is 3.64. The van der Waals surface area contributed by atoms with Gasteiger partial charge in [0.1, 0.15) is 29.5 Å². The van der Waals surface area contributed by atoms with E-state index in [2.05, 4.69) is 5.32 Å². The highest BCUT2D eigenvalue weighted by atomic mass is 16.3. The van der Waals surface area contributed by atoms with Crippen molar-refractivity contribution >= 4 is 40.7 Å². The van der Waals surface area contributed by atoms with Gasteiger partial charge in [-0.05, 0) is 56.6 Å². The van der Waals surface area contributed by atoms with Gasteiger partial charge in [0, 0.05) is 43.4 Å². The fourth-order valence-electron chi connectivity index (χ4n) is 7.50. The van der Waals surface area contributed by atoms with Crippen LogP contribution in [0.1, 0.15) is 43.8 Å². The summed E-state index contributed by atoms with van der Waals surface area (Å²) in [5.74, 6) is -8.60. The third-order valence-electron chi connectivity index (χ3n) is 9.73. The van der Waals surface area contributed by atoms with E-state index < -0.39 is 76.5 Å². The number of imide groups is 1. The lowest BCUT2D eigenvalue weighted by atomic mass is 9.57. The number of amides is 3. The van der Waals surface area contributed by atoms with Crippen molar-refractivity contribution in [3.63, 3.8) is 0 Å². The lowest BCUT2D eigenvalue weighted by Crippen LogP contribution is -2.66. The molecule has 14 heteroatoms. The fourth-order valence-corrected chi connectivity index (χ4v) is 7.50. The molecule has 0 spiro atoms. The van der Waals surface area contributed by atoms with Gasteiger partial charge in [-0.3, -0.25) is 33.8 Å². The molecule has 0 radical (unpaired) electrons. The molecular weight excluding hydrogens is 610 g/mol. The molecule has 2 aromatic carbocycles. The fraction of sp³-hybridized carbons (Fsp3) is 0.364. The topological polar surface area (TPSA) is 214 Å². The summed E-state index contributed by atoms with van der Waals surface area (Å²) in [6.45, 7) is -0.722. The van der Waals surface area contributed by atoms with Crippen LogP contribution in [-0.4, -0.2) is 106 Å². The van der Waals surface area contributed by atoms with Crippen molar-refractivity contribution in [3.05, 3.63) is 75.1 Å². The van der Waals surface area contributed by atoms with Crippen molar-refractivity contribution in [2.75, 3.05) is 39.8 Å². The number of aromatic hydroxyl groups is 1. The van der Waals surface area contributed by atoms with Crippen LogP contribution in [0, 0.1) is 11.8 Å². The van der Waals surface area contributed by atoms with E-state index in [9.17, 15) is 44.4 Å². The Bertz CT molecular complexity index is 1830. The molecule has 47 heavy (non-hydrogen) atoms. The zero-order chi connectivity index (χ0) is 34.3. The van der Waals surface area contributed by atoms with E-state index in [4.69, 9.17) is 5.73 Å². The lowest BCUT2D eigenvalue weighted by Gasteiger charge is -2.50. The first kappa shape index (κ1) is 31.9. The number of carbonyl (C=O) groups excluding carboxylic acids is 5. The number of hydrogen-bond acceptors (Lipinski definition) is 12. The van der Waals surface area contributed by atoms with E-state index in [1.165, 1.54) is 31.1 Å². The van der Waals surface area contributed by atoms with Crippen molar-refractivity contribution in [1.29, 1.82) is 0 Å². The second-order valence-electron chi connectivity index (χ2n) is 12.7. The minimum atomic E-state index is -2.81. The number of hydrogen-bond donors (Lipinski definition) is 6. The number of nitrogens with one attached hydrogen (secondary N) is 1. The predicted octanol–water partition coefficient (Wildman–Crippen LogP) is 0.373. The zero-order valence-corrected chi connectivity index (χ0v) is 26.2. The number of fused-ring (bicyclic) bond motifs is 4. The van der Waals surface area contributed by atoms with Crippen LogP contribution in [0.2, 0.25) is 0 Å². The molecule has 1 aliphatic heterocycles. The standard InChI is InChI=1S/C33H35N5O9/c1-36(2)20-11-15(12-34)25(39)22-18(20)9-14-10-19-24(37(3)4)27(41)23(29(43)33(19,47)28(42)21(14)26(22)40)30(44)35-13-38-31(45)16-7-5-6-8-17(16)32(38)46/h5-8,11,14,19,24,39-40,43,47H,9-10,12-13,34H2,1-4H3,(H,35,44)/t14-,19-,24-,33-/m0/s1. The maximum Gasteiger partial charge on any atom is 0.263 e. The minimum Gasteiger partial charge on any atom is -0.508 e. The maximum atomic E-state index is 14.3. The molecule has 246 valence electrons. The van der Waals surface area contributed by atoms with E-state index in [0.29, 0.717) is 16.8 Å². The van der Waals surface area contributed by atoms with E-state index in [1.807, 2.05) is 0 Å². The Morgan fingerprint density at radius 1 is 1.04 bits per heavy atom. The Balaban J connectivity index is 1.42. The van der Waals surface area contributed by atoms with Crippen LogP contribution in [0.5, 0.6) is 5.75 Å². The number of benzene rings is 2. The van der Waals surface area contributed by atoms with Crippen LogP contribution in [-0.2, 0) is 27.3 Å². The maximum absolute atomic E-state index is 14.3. The number of phenolic OH excluding ortho intramolecular Hbond substituents is 1. The molecule has 4 atom stereocenters. The Kier molecular flexibility index (Phi) is 7.49. The summed E-state index contributed by atoms with van der Waals surface area (Å²) in [4.78, 5) is 71.3. The summed E-state index contributed by atoms with van der Waals surface area (Å²) in [7, 11) is 6.61. The molecule has 14 nitrogen and oxygen atoms in total. The Labute approximate surface area is 269 Å². The van der Waals surface area contributed by atoms with Gasteiger partial charge in [0.05, 0.1) is 22.7 Å². The summed E-state index contributed by atoms with van der Waals surface area (Å²) in [5, 5.41) is 48.5. The summed E-state index contributed by atoms with van der Waals surface area (Å²) in [6, 6.07) is 6.52. The van der Waals surface area contributed by atoms with Crippen LogP contribution >= 0.6 is 0 Å². The number of Topliss-reactive ketones (excluding diaryl/α,β-unsaturated/α-hetero) is 2. The largest absolute Gasteiger partial charge is 0.508 e. The van der Waals surface area contributed by atoms with Crippen LogP contribution in [0.3, 0.4) is 0 Å². The second-order valence-corrected chi connectivity index (χ2v) is 12.7.